The van der Waals surface area contributed by atoms with Crippen LogP contribution in [0.4, 0.5) is 5.82 Å². The lowest BCUT2D eigenvalue weighted by Gasteiger charge is -2.24. The highest BCUT2D eigenvalue weighted by Gasteiger charge is 2.26. The summed E-state index contributed by atoms with van der Waals surface area (Å²) in [5, 5.41) is 2.90. The van der Waals surface area contributed by atoms with Gasteiger partial charge >= 0.3 is 0 Å². The molecule has 0 fully saturated rings. The molecule has 2 aromatic rings. The van der Waals surface area contributed by atoms with E-state index in [2.05, 4.69) is 16.4 Å². The predicted octanol–water partition coefficient (Wildman–Crippen LogP) is 3.15. The minimum absolute atomic E-state index is 0.0147. The third-order valence-electron chi connectivity index (χ3n) is 3.92. The highest BCUT2D eigenvalue weighted by molar-refractivity contribution is 5.96. The smallest absolute Gasteiger partial charge is 0.233 e. The highest BCUT2D eigenvalue weighted by Crippen LogP contribution is 2.33. The van der Waals surface area contributed by atoms with Crippen LogP contribution in [0, 0.1) is 0 Å². The first kappa shape index (κ1) is 13.6. The summed E-state index contributed by atoms with van der Waals surface area (Å²) in [6.45, 7) is 0. The standard InChI is InChI=1S/C17H18N2O2/c1-21-15-10-5-11-18-16(15)19-17(20)14-9-4-7-12-6-2-3-8-13(12)14/h2-3,5-6,8,10-11,14H,4,7,9H2,1H3,(H,18,19,20)/t14-/m1/s1. The molecule has 1 aliphatic carbocycles. The minimum Gasteiger partial charge on any atom is -0.493 e. The zero-order chi connectivity index (χ0) is 14.7. The molecule has 3 rings (SSSR count). The van der Waals surface area contributed by atoms with Gasteiger partial charge < -0.3 is 10.1 Å². The number of rotatable bonds is 3. The average molecular weight is 282 g/mol. The second-order valence-corrected chi connectivity index (χ2v) is 5.19. The molecule has 1 aromatic heterocycles. The Morgan fingerprint density at radius 1 is 1.29 bits per heavy atom. The van der Waals surface area contributed by atoms with Crippen molar-refractivity contribution in [3.63, 3.8) is 0 Å². The molecule has 0 bridgehead atoms. The van der Waals surface area contributed by atoms with E-state index in [1.165, 1.54) is 5.56 Å². The molecule has 1 N–H and O–H groups in total. The lowest BCUT2D eigenvalue weighted by molar-refractivity contribution is -0.117. The largest absolute Gasteiger partial charge is 0.493 e. The van der Waals surface area contributed by atoms with Gasteiger partial charge in [0.05, 0.1) is 13.0 Å². The number of methoxy groups -OCH3 is 1. The first-order valence-corrected chi connectivity index (χ1v) is 7.17. The topological polar surface area (TPSA) is 51.2 Å². The Hall–Kier alpha value is -2.36. The summed E-state index contributed by atoms with van der Waals surface area (Å²) >= 11 is 0. The Labute approximate surface area is 124 Å². The number of aryl methyl sites for hydroxylation is 1. The van der Waals surface area contributed by atoms with Gasteiger partial charge in [0.15, 0.2) is 11.6 Å². The quantitative estimate of drug-likeness (QED) is 0.941. The van der Waals surface area contributed by atoms with Crippen molar-refractivity contribution in [1.82, 2.24) is 4.98 Å². The van der Waals surface area contributed by atoms with Crippen LogP contribution in [-0.2, 0) is 11.2 Å². The molecule has 0 unspecified atom stereocenters. The molecule has 1 aromatic carbocycles. The van der Waals surface area contributed by atoms with E-state index in [4.69, 9.17) is 4.74 Å². The second-order valence-electron chi connectivity index (χ2n) is 5.19. The Morgan fingerprint density at radius 2 is 2.14 bits per heavy atom. The maximum absolute atomic E-state index is 12.6. The molecule has 4 nitrogen and oxygen atoms in total. The predicted molar refractivity (Wildman–Crippen MR) is 81.5 cm³/mol. The van der Waals surface area contributed by atoms with E-state index in [0.717, 1.165) is 24.8 Å². The van der Waals surface area contributed by atoms with E-state index in [0.29, 0.717) is 11.6 Å². The van der Waals surface area contributed by atoms with Gasteiger partial charge in [-0.3, -0.25) is 4.79 Å². The minimum atomic E-state index is -0.110. The van der Waals surface area contributed by atoms with Crippen molar-refractivity contribution in [1.29, 1.82) is 0 Å². The van der Waals surface area contributed by atoms with E-state index in [9.17, 15) is 4.79 Å². The first-order chi connectivity index (χ1) is 10.3. The number of benzene rings is 1. The van der Waals surface area contributed by atoms with Crippen LogP contribution in [0.5, 0.6) is 5.75 Å². The van der Waals surface area contributed by atoms with Gasteiger partial charge in [0.1, 0.15) is 0 Å². The number of nitrogens with one attached hydrogen (secondary N) is 1. The number of nitrogens with zero attached hydrogens (tertiary/aromatic N) is 1. The number of carbonyl (C=O) groups excluding carboxylic acids is 1. The van der Waals surface area contributed by atoms with Gasteiger partial charge in [0, 0.05) is 6.20 Å². The summed E-state index contributed by atoms with van der Waals surface area (Å²) in [6.07, 6.45) is 4.60. The van der Waals surface area contributed by atoms with Gasteiger partial charge in [-0.25, -0.2) is 4.98 Å². The fraction of sp³-hybridized carbons (Fsp3) is 0.294. The van der Waals surface area contributed by atoms with E-state index in [-0.39, 0.29) is 11.8 Å². The Morgan fingerprint density at radius 3 is 3.00 bits per heavy atom. The number of anilines is 1. The van der Waals surface area contributed by atoms with Crippen LogP contribution < -0.4 is 10.1 Å². The number of amides is 1. The first-order valence-electron chi connectivity index (χ1n) is 7.17. The van der Waals surface area contributed by atoms with Crippen molar-refractivity contribution in [2.75, 3.05) is 12.4 Å². The average Bonchev–Trinajstić information content (AvgIpc) is 2.54. The van der Waals surface area contributed by atoms with Crippen LogP contribution in [0.25, 0.3) is 0 Å². The van der Waals surface area contributed by atoms with E-state index < -0.39 is 0 Å². The number of pyridine rings is 1. The monoisotopic (exact) mass is 282 g/mol. The summed E-state index contributed by atoms with van der Waals surface area (Å²) in [5.74, 6) is 0.934. The van der Waals surface area contributed by atoms with Gasteiger partial charge in [-0.15, -0.1) is 0 Å². The van der Waals surface area contributed by atoms with Crippen molar-refractivity contribution in [3.8, 4) is 5.75 Å². The molecule has 21 heavy (non-hydrogen) atoms. The number of ether oxygens (including phenoxy) is 1. The van der Waals surface area contributed by atoms with Crippen LogP contribution in [0.3, 0.4) is 0 Å². The van der Waals surface area contributed by atoms with Crippen molar-refractivity contribution < 1.29 is 9.53 Å². The van der Waals surface area contributed by atoms with Crippen LogP contribution in [-0.4, -0.2) is 18.0 Å². The summed E-state index contributed by atoms with van der Waals surface area (Å²) in [6, 6.07) is 11.7. The molecule has 108 valence electrons. The van der Waals surface area contributed by atoms with E-state index in [1.807, 2.05) is 18.2 Å². The third-order valence-corrected chi connectivity index (χ3v) is 3.92. The van der Waals surface area contributed by atoms with E-state index >= 15 is 0 Å². The van der Waals surface area contributed by atoms with Crippen molar-refractivity contribution in [3.05, 3.63) is 53.7 Å². The van der Waals surface area contributed by atoms with Crippen LogP contribution in [0.1, 0.15) is 29.9 Å². The van der Waals surface area contributed by atoms with Crippen LogP contribution in [0.15, 0.2) is 42.6 Å². The molecule has 0 aliphatic heterocycles. The lowest BCUT2D eigenvalue weighted by atomic mass is 9.82. The molecule has 1 aliphatic rings. The third kappa shape index (κ3) is 2.75. The number of hydrogen-bond acceptors (Lipinski definition) is 3. The molecule has 0 saturated carbocycles. The van der Waals surface area contributed by atoms with Crippen molar-refractivity contribution in [2.45, 2.75) is 25.2 Å². The van der Waals surface area contributed by atoms with Gasteiger partial charge in [0.2, 0.25) is 5.91 Å². The highest BCUT2D eigenvalue weighted by atomic mass is 16.5. The van der Waals surface area contributed by atoms with Gasteiger partial charge in [-0.1, -0.05) is 24.3 Å². The summed E-state index contributed by atoms with van der Waals surface area (Å²) < 4.78 is 5.23. The second kappa shape index (κ2) is 5.95. The van der Waals surface area contributed by atoms with E-state index in [1.54, 1.807) is 25.4 Å². The summed E-state index contributed by atoms with van der Waals surface area (Å²) in [4.78, 5) is 16.8. The number of hydrogen-bond donors (Lipinski definition) is 1. The lowest BCUT2D eigenvalue weighted by Crippen LogP contribution is -2.25. The fourth-order valence-corrected chi connectivity index (χ4v) is 2.88. The molecule has 0 saturated heterocycles. The molecule has 0 spiro atoms. The zero-order valence-corrected chi connectivity index (χ0v) is 12.0. The van der Waals surface area contributed by atoms with Crippen molar-refractivity contribution in [2.24, 2.45) is 0 Å². The molecule has 4 heteroatoms. The Bertz CT molecular complexity index is 655. The van der Waals surface area contributed by atoms with Crippen molar-refractivity contribution >= 4 is 11.7 Å². The molecular formula is C17H18N2O2. The molecular weight excluding hydrogens is 264 g/mol. The molecule has 1 heterocycles. The normalized spacial score (nSPS) is 16.9. The van der Waals surface area contributed by atoms with Gasteiger partial charge in [0.25, 0.3) is 0 Å². The molecule has 0 radical (unpaired) electrons. The molecule has 1 atom stereocenters. The maximum Gasteiger partial charge on any atom is 0.233 e. The van der Waals surface area contributed by atoms with Crippen LogP contribution >= 0.6 is 0 Å². The van der Waals surface area contributed by atoms with Crippen LogP contribution in [0.2, 0.25) is 0 Å². The molecule has 1 amide bonds. The zero-order valence-electron chi connectivity index (χ0n) is 12.0. The number of aromatic nitrogens is 1. The fourth-order valence-electron chi connectivity index (χ4n) is 2.88. The SMILES string of the molecule is COc1cccnc1NC(=O)[C@@H]1CCCc2ccccc21. The summed E-state index contributed by atoms with van der Waals surface area (Å²) in [7, 11) is 1.57. The number of fused-ring (bicyclic) bond motifs is 1. The Kier molecular flexibility index (Phi) is 3.86. The number of carbonyl (C=O) groups is 1. The maximum atomic E-state index is 12.6. The van der Waals surface area contributed by atoms with Gasteiger partial charge in [-0.05, 0) is 42.5 Å². The Balaban J connectivity index is 1.84. The summed E-state index contributed by atoms with van der Waals surface area (Å²) in [5.41, 5.74) is 2.41. The van der Waals surface area contributed by atoms with Gasteiger partial charge in [-0.2, -0.15) is 0 Å².